The Morgan fingerprint density at radius 1 is 1.40 bits per heavy atom. The monoisotopic (exact) mass is 294 g/mol. The van der Waals surface area contributed by atoms with Crippen LogP contribution in [-0.2, 0) is 23.0 Å². The number of aryl methyl sites for hydroxylation is 1. The molecule has 1 aromatic heterocycles. The molecular weight excluding hydrogens is 276 g/mol. The molecule has 0 saturated heterocycles. The van der Waals surface area contributed by atoms with E-state index in [2.05, 4.69) is 14.7 Å². The van der Waals surface area contributed by atoms with Crippen molar-refractivity contribution in [2.24, 2.45) is 0 Å². The number of benzene rings is 1. The molecule has 1 heterocycles. The van der Waals surface area contributed by atoms with Gasteiger partial charge in [-0.1, -0.05) is 19.1 Å². The number of aromatic nitrogens is 2. The number of aromatic amines is 1. The van der Waals surface area contributed by atoms with Gasteiger partial charge in [-0.05, 0) is 24.1 Å². The Morgan fingerprint density at radius 2 is 2.15 bits per heavy atom. The molecule has 20 heavy (non-hydrogen) atoms. The Balaban J connectivity index is 2.15. The van der Waals surface area contributed by atoms with Gasteiger partial charge in [0.1, 0.15) is 5.82 Å². The molecular formula is C13H18N4O2S. The lowest BCUT2D eigenvalue weighted by molar-refractivity contribution is 0.577. The highest BCUT2D eigenvalue weighted by Crippen LogP contribution is 2.16. The third-order valence-electron chi connectivity index (χ3n) is 3.17. The standard InChI is InChI=1S/C13H18N4O2S/c1-3-12-15-8-13(17-12)20(18,19)16-7-10-5-4-6-11(14)9(10)2/h4-6,8,16H,3,7,14H2,1-2H3,(H,15,17). The van der Waals surface area contributed by atoms with E-state index in [-0.39, 0.29) is 11.6 Å². The topological polar surface area (TPSA) is 101 Å². The lowest BCUT2D eigenvalue weighted by atomic mass is 10.1. The van der Waals surface area contributed by atoms with Crippen LogP contribution in [0, 0.1) is 6.92 Å². The average molecular weight is 294 g/mol. The number of nitrogens with one attached hydrogen (secondary N) is 2. The summed E-state index contributed by atoms with van der Waals surface area (Å²) in [5.74, 6) is 0.644. The van der Waals surface area contributed by atoms with Crippen LogP contribution in [0.5, 0.6) is 0 Å². The molecule has 2 rings (SSSR count). The Bertz CT molecular complexity index is 707. The SMILES string of the molecule is CCc1ncc(S(=O)(=O)NCc2cccc(N)c2C)[nH]1. The summed E-state index contributed by atoms with van der Waals surface area (Å²) in [4.78, 5) is 6.77. The zero-order valence-electron chi connectivity index (χ0n) is 11.5. The van der Waals surface area contributed by atoms with Crippen LogP contribution < -0.4 is 10.5 Å². The van der Waals surface area contributed by atoms with Crippen LogP contribution in [0.2, 0.25) is 0 Å². The number of imidazole rings is 1. The van der Waals surface area contributed by atoms with E-state index in [0.717, 1.165) is 11.1 Å². The lowest BCUT2D eigenvalue weighted by Crippen LogP contribution is -2.24. The maximum Gasteiger partial charge on any atom is 0.257 e. The zero-order chi connectivity index (χ0) is 14.8. The highest BCUT2D eigenvalue weighted by atomic mass is 32.2. The van der Waals surface area contributed by atoms with Crippen molar-refractivity contribution < 1.29 is 8.42 Å². The summed E-state index contributed by atoms with van der Waals surface area (Å²) in [7, 11) is -3.59. The third-order valence-corrected chi connectivity index (χ3v) is 4.48. The maximum atomic E-state index is 12.1. The van der Waals surface area contributed by atoms with Gasteiger partial charge in [0.05, 0.1) is 6.20 Å². The van der Waals surface area contributed by atoms with Crippen molar-refractivity contribution in [3.8, 4) is 0 Å². The second-order valence-corrected chi connectivity index (χ2v) is 6.24. The van der Waals surface area contributed by atoms with Crippen LogP contribution in [0.15, 0.2) is 29.4 Å². The van der Waals surface area contributed by atoms with E-state index in [1.54, 1.807) is 12.1 Å². The smallest absolute Gasteiger partial charge is 0.257 e. The summed E-state index contributed by atoms with van der Waals surface area (Å²) < 4.78 is 26.8. The largest absolute Gasteiger partial charge is 0.399 e. The highest BCUT2D eigenvalue weighted by molar-refractivity contribution is 7.89. The fourth-order valence-corrected chi connectivity index (χ4v) is 2.75. The minimum atomic E-state index is -3.59. The summed E-state index contributed by atoms with van der Waals surface area (Å²) in [6.07, 6.45) is 1.98. The van der Waals surface area contributed by atoms with E-state index >= 15 is 0 Å². The number of hydrogen-bond donors (Lipinski definition) is 3. The van der Waals surface area contributed by atoms with E-state index in [9.17, 15) is 8.42 Å². The lowest BCUT2D eigenvalue weighted by Gasteiger charge is -2.09. The molecule has 6 nitrogen and oxygen atoms in total. The zero-order valence-corrected chi connectivity index (χ0v) is 12.3. The number of nitrogens with zero attached hydrogens (tertiary/aromatic N) is 1. The second kappa shape index (κ2) is 5.64. The normalized spacial score (nSPS) is 11.7. The molecule has 2 aromatic rings. The van der Waals surface area contributed by atoms with Gasteiger partial charge >= 0.3 is 0 Å². The molecule has 0 radical (unpaired) electrons. The quantitative estimate of drug-likeness (QED) is 0.724. The average Bonchev–Trinajstić information content (AvgIpc) is 2.90. The molecule has 0 saturated carbocycles. The van der Waals surface area contributed by atoms with Gasteiger partial charge in [0.15, 0.2) is 5.03 Å². The predicted molar refractivity (Wildman–Crippen MR) is 77.6 cm³/mol. The second-order valence-electron chi connectivity index (χ2n) is 4.50. The van der Waals surface area contributed by atoms with Gasteiger partial charge in [0, 0.05) is 18.7 Å². The molecule has 0 amide bonds. The van der Waals surface area contributed by atoms with Crippen LogP contribution in [0.3, 0.4) is 0 Å². The van der Waals surface area contributed by atoms with E-state index in [1.807, 2.05) is 19.9 Å². The van der Waals surface area contributed by atoms with Crippen molar-refractivity contribution in [1.29, 1.82) is 0 Å². The first-order chi connectivity index (χ1) is 9.44. The van der Waals surface area contributed by atoms with Crippen LogP contribution in [0.25, 0.3) is 0 Å². The van der Waals surface area contributed by atoms with Crippen LogP contribution in [0.1, 0.15) is 23.9 Å². The van der Waals surface area contributed by atoms with Crippen molar-refractivity contribution in [3.63, 3.8) is 0 Å². The van der Waals surface area contributed by atoms with Gasteiger partial charge in [0.2, 0.25) is 0 Å². The molecule has 0 fully saturated rings. The Morgan fingerprint density at radius 3 is 2.80 bits per heavy atom. The van der Waals surface area contributed by atoms with Crippen molar-refractivity contribution >= 4 is 15.7 Å². The fraction of sp³-hybridized carbons (Fsp3) is 0.308. The van der Waals surface area contributed by atoms with Crippen molar-refractivity contribution in [2.75, 3.05) is 5.73 Å². The number of nitrogen functional groups attached to an aromatic ring is 1. The van der Waals surface area contributed by atoms with Crippen molar-refractivity contribution in [1.82, 2.24) is 14.7 Å². The van der Waals surface area contributed by atoms with E-state index in [0.29, 0.717) is 17.9 Å². The van der Waals surface area contributed by atoms with E-state index in [1.165, 1.54) is 6.20 Å². The minimum absolute atomic E-state index is 0.0795. The number of sulfonamides is 1. The van der Waals surface area contributed by atoms with Gasteiger partial charge in [-0.2, -0.15) is 0 Å². The number of anilines is 1. The van der Waals surface area contributed by atoms with Crippen LogP contribution >= 0.6 is 0 Å². The Labute approximate surface area is 118 Å². The molecule has 1 aromatic carbocycles. The summed E-state index contributed by atoms with van der Waals surface area (Å²) >= 11 is 0. The molecule has 0 atom stereocenters. The van der Waals surface area contributed by atoms with Crippen molar-refractivity contribution in [3.05, 3.63) is 41.3 Å². The summed E-state index contributed by atoms with van der Waals surface area (Å²) in [5, 5.41) is 0.0795. The first-order valence-corrected chi connectivity index (χ1v) is 7.80. The maximum absolute atomic E-state index is 12.1. The van der Waals surface area contributed by atoms with Gasteiger partial charge in [-0.3, -0.25) is 0 Å². The van der Waals surface area contributed by atoms with Gasteiger partial charge in [0.25, 0.3) is 10.0 Å². The van der Waals surface area contributed by atoms with Crippen LogP contribution in [-0.4, -0.2) is 18.4 Å². The highest BCUT2D eigenvalue weighted by Gasteiger charge is 2.17. The predicted octanol–water partition coefficient (Wildman–Crippen LogP) is 1.34. The molecule has 0 spiro atoms. The number of nitrogens with two attached hydrogens (primary N) is 1. The summed E-state index contributed by atoms with van der Waals surface area (Å²) in [5.41, 5.74) is 8.18. The van der Waals surface area contributed by atoms with E-state index in [4.69, 9.17) is 5.73 Å². The summed E-state index contributed by atoms with van der Waals surface area (Å²) in [6.45, 7) is 3.96. The fourth-order valence-electron chi connectivity index (χ4n) is 1.80. The van der Waals surface area contributed by atoms with Gasteiger partial charge in [-0.25, -0.2) is 18.1 Å². The molecule has 0 aliphatic heterocycles. The molecule has 0 unspecified atom stereocenters. The Kier molecular flexibility index (Phi) is 4.10. The number of H-pyrrole nitrogens is 1. The molecule has 108 valence electrons. The number of hydrogen-bond acceptors (Lipinski definition) is 4. The molecule has 4 N–H and O–H groups in total. The molecule has 0 aliphatic carbocycles. The first kappa shape index (κ1) is 14.5. The molecule has 0 aliphatic rings. The Hall–Kier alpha value is -1.86. The molecule has 7 heteroatoms. The van der Waals surface area contributed by atoms with E-state index < -0.39 is 10.0 Å². The molecule has 0 bridgehead atoms. The minimum Gasteiger partial charge on any atom is -0.399 e. The van der Waals surface area contributed by atoms with Gasteiger partial charge < -0.3 is 10.7 Å². The number of rotatable bonds is 5. The first-order valence-electron chi connectivity index (χ1n) is 6.31. The summed E-state index contributed by atoms with van der Waals surface area (Å²) in [6, 6.07) is 5.44. The van der Waals surface area contributed by atoms with Gasteiger partial charge in [-0.15, -0.1) is 0 Å². The third kappa shape index (κ3) is 3.00. The van der Waals surface area contributed by atoms with Crippen LogP contribution in [0.4, 0.5) is 5.69 Å². The van der Waals surface area contributed by atoms with Crippen molar-refractivity contribution in [2.45, 2.75) is 31.8 Å².